The highest BCUT2D eigenvalue weighted by Crippen LogP contribution is 2.50. The van der Waals surface area contributed by atoms with Crippen LogP contribution in [0.3, 0.4) is 0 Å². The molecule has 32 heavy (non-hydrogen) atoms. The summed E-state index contributed by atoms with van der Waals surface area (Å²) in [6.07, 6.45) is 6.89. The van der Waals surface area contributed by atoms with Crippen molar-refractivity contribution in [1.29, 1.82) is 0 Å². The Balaban J connectivity index is 1.52. The van der Waals surface area contributed by atoms with Gasteiger partial charge in [0.2, 0.25) is 0 Å². The number of fused-ring (bicyclic) bond motifs is 4. The molecule has 0 aromatic heterocycles. The Morgan fingerprint density at radius 2 is 1.62 bits per heavy atom. The molecule has 0 amide bonds. The number of anilines is 2. The first-order valence-corrected chi connectivity index (χ1v) is 11.7. The average molecular weight is 443 g/mol. The van der Waals surface area contributed by atoms with Gasteiger partial charge in [0.25, 0.3) is 0 Å². The van der Waals surface area contributed by atoms with Crippen molar-refractivity contribution < 1.29 is 0 Å². The van der Waals surface area contributed by atoms with E-state index in [1.165, 1.54) is 39.0 Å². The van der Waals surface area contributed by atoms with Crippen molar-refractivity contribution in [2.75, 3.05) is 23.9 Å². The van der Waals surface area contributed by atoms with Crippen LogP contribution < -0.4 is 9.80 Å². The fourth-order valence-electron chi connectivity index (χ4n) is 5.94. The summed E-state index contributed by atoms with van der Waals surface area (Å²) < 4.78 is 0. The van der Waals surface area contributed by atoms with Crippen LogP contribution in [0.15, 0.2) is 78.5 Å². The van der Waals surface area contributed by atoms with Crippen molar-refractivity contribution in [2.24, 2.45) is 0 Å². The molecule has 2 nitrogen and oxygen atoms in total. The normalized spacial score (nSPS) is 22.2. The van der Waals surface area contributed by atoms with E-state index in [1.54, 1.807) is 0 Å². The van der Waals surface area contributed by atoms with E-state index in [4.69, 9.17) is 11.6 Å². The first-order chi connectivity index (χ1) is 15.1. The standard InChI is InChI=1S/C29H31ClN2/c1-28(2)22-18-20(30)15-17-23(22)31(5)25(28)12-9-13-26-29(3,4)27-21-11-8-7-10-19(21)14-16-24(27)32(26)6/h7-18,25H,1-6H3. The van der Waals surface area contributed by atoms with E-state index < -0.39 is 0 Å². The van der Waals surface area contributed by atoms with Gasteiger partial charge in [-0.05, 0) is 52.2 Å². The summed E-state index contributed by atoms with van der Waals surface area (Å²) in [6, 6.07) is 19.7. The summed E-state index contributed by atoms with van der Waals surface area (Å²) >= 11 is 6.32. The summed E-state index contributed by atoms with van der Waals surface area (Å²) in [5.41, 5.74) is 6.53. The molecular weight excluding hydrogens is 412 g/mol. The predicted molar refractivity (Wildman–Crippen MR) is 139 cm³/mol. The van der Waals surface area contributed by atoms with Gasteiger partial charge in [-0.1, -0.05) is 81.8 Å². The Bertz CT molecular complexity index is 1280. The van der Waals surface area contributed by atoms with E-state index in [9.17, 15) is 0 Å². The van der Waals surface area contributed by atoms with Gasteiger partial charge in [-0.3, -0.25) is 0 Å². The fraction of sp³-hybridized carbons (Fsp3) is 0.310. The fourth-order valence-corrected chi connectivity index (χ4v) is 6.11. The molecule has 1 atom stereocenters. The summed E-state index contributed by atoms with van der Waals surface area (Å²) in [5, 5.41) is 3.45. The molecule has 3 aromatic rings. The highest BCUT2D eigenvalue weighted by molar-refractivity contribution is 6.30. The number of benzene rings is 3. The van der Waals surface area contributed by atoms with E-state index in [0.29, 0.717) is 0 Å². The van der Waals surface area contributed by atoms with Crippen molar-refractivity contribution in [3.8, 4) is 0 Å². The van der Waals surface area contributed by atoms with Gasteiger partial charge in [0.05, 0.1) is 6.04 Å². The second-order valence-corrected chi connectivity index (χ2v) is 10.7. The van der Waals surface area contributed by atoms with E-state index in [2.05, 4.69) is 118 Å². The number of nitrogens with zero attached hydrogens (tertiary/aromatic N) is 2. The Morgan fingerprint density at radius 1 is 0.906 bits per heavy atom. The third-order valence-corrected chi connectivity index (χ3v) is 7.87. The highest BCUT2D eigenvalue weighted by Gasteiger charge is 2.42. The third kappa shape index (κ3) is 2.93. The molecule has 1 unspecified atom stereocenters. The number of likely N-dealkylation sites (N-methyl/N-ethyl adjacent to an activating group) is 2. The van der Waals surface area contributed by atoms with E-state index in [1.807, 2.05) is 6.07 Å². The van der Waals surface area contributed by atoms with Crippen molar-refractivity contribution in [3.63, 3.8) is 0 Å². The monoisotopic (exact) mass is 442 g/mol. The third-order valence-electron chi connectivity index (χ3n) is 7.63. The molecule has 0 N–H and O–H groups in total. The molecule has 3 aromatic carbocycles. The number of rotatable bonds is 2. The molecule has 5 rings (SSSR count). The molecule has 0 spiro atoms. The maximum absolute atomic E-state index is 6.32. The van der Waals surface area contributed by atoms with Crippen LogP contribution in [0, 0.1) is 0 Å². The van der Waals surface area contributed by atoms with Gasteiger partial charge in [0.15, 0.2) is 0 Å². The SMILES string of the molecule is CN1C(=CC=CC2N(C)c3ccc(Cl)cc3C2(C)C)C(C)(C)c2c1ccc1ccccc21. The largest absolute Gasteiger partial charge is 0.367 e. The minimum Gasteiger partial charge on any atom is -0.367 e. The number of hydrogen-bond donors (Lipinski definition) is 0. The van der Waals surface area contributed by atoms with Gasteiger partial charge in [-0.25, -0.2) is 0 Å². The Morgan fingerprint density at radius 3 is 2.41 bits per heavy atom. The van der Waals surface area contributed by atoms with Gasteiger partial charge in [-0.2, -0.15) is 0 Å². The van der Waals surface area contributed by atoms with Gasteiger partial charge in [-0.15, -0.1) is 0 Å². The lowest BCUT2D eigenvalue weighted by atomic mass is 9.80. The van der Waals surface area contributed by atoms with Crippen LogP contribution in [0.5, 0.6) is 0 Å². The maximum atomic E-state index is 6.32. The molecule has 0 fully saturated rings. The number of halogens is 1. The van der Waals surface area contributed by atoms with E-state index >= 15 is 0 Å². The van der Waals surface area contributed by atoms with Crippen LogP contribution in [-0.2, 0) is 10.8 Å². The zero-order valence-electron chi connectivity index (χ0n) is 19.8. The topological polar surface area (TPSA) is 6.48 Å². The lowest BCUT2D eigenvalue weighted by Gasteiger charge is -2.30. The predicted octanol–water partition coefficient (Wildman–Crippen LogP) is 7.46. The molecule has 0 aliphatic carbocycles. The van der Waals surface area contributed by atoms with Gasteiger partial charge in [0.1, 0.15) is 0 Å². The molecule has 0 saturated carbocycles. The van der Waals surface area contributed by atoms with E-state index in [-0.39, 0.29) is 16.9 Å². The average Bonchev–Trinajstić information content (AvgIpc) is 3.07. The molecule has 0 saturated heterocycles. The zero-order chi connectivity index (χ0) is 22.8. The minimum absolute atomic E-state index is 0.0136. The molecule has 164 valence electrons. The van der Waals surface area contributed by atoms with Crippen LogP contribution >= 0.6 is 11.6 Å². The smallest absolute Gasteiger partial charge is 0.0565 e. The van der Waals surface area contributed by atoms with Crippen LogP contribution in [0.1, 0.15) is 38.8 Å². The molecule has 2 heterocycles. The molecule has 3 heteroatoms. The molecule has 0 bridgehead atoms. The Kier molecular flexibility index (Phi) is 4.73. The van der Waals surface area contributed by atoms with Crippen LogP contribution in [0.25, 0.3) is 10.8 Å². The first-order valence-electron chi connectivity index (χ1n) is 11.3. The highest BCUT2D eigenvalue weighted by atomic mass is 35.5. The summed E-state index contributed by atoms with van der Waals surface area (Å²) in [6.45, 7) is 9.29. The molecule has 0 radical (unpaired) electrons. The molecule has 2 aliphatic rings. The summed E-state index contributed by atoms with van der Waals surface area (Å²) in [7, 11) is 4.36. The molecular formula is C29H31ClN2. The second-order valence-electron chi connectivity index (χ2n) is 10.2. The maximum Gasteiger partial charge on any atom is 0.0565 e. The van der Waals surface area contributed by atoms with E-state index in [0.717, 1.165) is 5.02 Å². The zero-order valence-corrected chi connectivity index (χ0v) is 20.5. The number of hydrogen-bond acceptors (Lipinski definition) is 2. The quantitative estimate of drug-likeness (QED) is 0.406. The second kappa shape index (κ2) is 7.15. The first kappa shape index (κ1) is 21.2. The van der Waals surface area contributed by atoms with Gasteiger partial charge < -0.3 is 9.80 Å². The number of allylic oxidation sites excluding steroid dienone is 3. The molecule has 2 aliphatic heterocycles. The Hall–Kier alpha value is -2.71. The van der Waals surface area contributed by atoms with Gasteiger partial charge >= 0.3 is 0 Å². The minimum atomic E-state index is -0.0666. The van der Waals surface area contributed by atoms with Crippen LogP contribution in [-0.4, -0.2) is 20.1 Å². The van der Waals surface area contributed by atoms with Crippen molar-refractivity contribution in [1.82, 2.24) is 0 Å². The van der Waals surface area contributed by atoms with Crippen LogP contribution in [0.2, 0.25) is 5.02 Å². The van der Waals surface area contributed by atoms with Crippen molar-refractivity contribution >= 4 is 33.7 Å². The Labute approximate surface area is 196 Å². The lowest BCUT2D eigenvalue weighted by Crippen LogP contribution is -2.37. The lowest BCUT2D eigenvalue weighted by molar-refractivity contribution is 0.488. The summed E-state index contributed by atoms with van der Waals surface area (Å²) in [4.78, 5) is 4.72. The van der Waals surface area contributed by atoms with Crippen LogP contribution in [0.4, 0.5) is 11.4 Å². The van der Waals surface area contributed by atoms with Gasteiger partial charge in [0, 0.05) is 47.0 Å². The van der Waals surface area contributed by atoms with Crippen molar-refractivity contribution in [3.05, 3.63) is 94.7 Å². The summed E-state index contributed by atoms with van der Waals surface area (Å²) in [5.74, 6) is 0. The van der Waals surface area contributed by atoms with Crippen molar-refractivity contribution in [2.45, 2.75) is 44.6 Å².